The highest BCUT2D eigenvalue weighted by atomic mass is 16.5. The third-order valence-corrected chi connectivity index (χ3v) is 4.46. The molecule has 1 unspecified atom stereocenters. The zero-order chi connectivity index (χ0) is 18.7. The number of fused-ring (bicyclic) bond motifs is 1. The van der Waals surface area contributed by atoms with Gasteiger partial charge in [0.05, 0.1) is 18.6 Å². The van der Waals surface area contributed by atoms with E-state index in [1.165, 1.54) is 7.11 Å². The molecule has 0 bridgehead atoms. The van der Waals surface area contributed by atoms with Gasteiger partial charge < -0.3 is 15.2 Å². The first kappa shape index (κ1) is 17.5. The lowest BCUT2D eigenvalue weighted by atomic mass is 9.83. The maximum Gasteiger partial charge on any atom is 0.337 e. The predicted molar refractivity (Wildman–Crippen MR) is 94.3 cm³/mol. The Bertz CT molecular complexity index is 890. The number of allylic oxidation sites excluding steroid dienone is 1. The van der Waals surface area contributed by atoms with Crippen LogP contribution in [0.3, 0.4) is 0 Å². The van der Waals surface area contributed by atoms with Gasteiger partial charge in [-0.15, -0.1) is 5.10 Å². The van der Waals surface area contributed by atoms with Gasteiger partial charge in [-0.25, -0.2) is 4.79 Å². The summed E-state index contributed by atoms with van der Waals surface area (Å²) in [5.41, 5.74) is 9.32. The van der Waals surface area contributed by atoms with Gasteiger partial charge in [0, 0.05) is 11.3 Å². The molecule has 2 heterocycles. The van der Waals surface area contributed by atoms with Gasteiger partial charge in [0.1, 0.15) is 11.6 Å². The van der Waals surface area contributed by atoms with Crippen molar-refractivity contribution in [1.29, 1.82) is 5.26 Å². The van der Waals surface area contributed by atoms with Gasteiger partial charge in [0.25, 0.3) is 0 Å². The van der Waals surface area contributed by atoms with Gasteiger partial charge >= 0.3 is 5.97 Å². The molecule has 134 valence electrons. The van der Waals surface area contributed by atoms with Gasteiger partial charge in [0.15, 0.2) is 0 Å². The third kappa shape index (κ3) is 3.02. The standard InChI is InChI=1S/C19H20N4O3/c1-3-4-5-14-16-15(11-6-8-12(9-7-11)19(24)25-2)13(10-20)17(21)26-18(16)23-22-14/h6-9,15H,3-5,21H2,1-2H3,(H,22,23). The molecule has 0 radical (unpaired) electrons. The number of aromatic amines is 1. The number of nitriles is 1. The maximum absolute atomic E-state index is 11.7. The number of ether oxygens (including phenoxy) is 2. The molecule has 2 aromatic rings. The lowest BCUT2D eigenvalue weighted by Gasteiger charge is -2.24. The number of unbranched alkanes of at least 4 members (excludes halogenated alkanes) is 1. The summed E-state index contributed by atoms with van der Waals surface area (Å²) in [4.78, 5) is 11.7. The molecule has 0 saturated carbocycles. The van der Waals surface area contributed by atoms with Crippen LogP contribution < -0.4 is 10.5 Å². The molecular formula is C19H20N4O3. The number of carbonyl (C=O) groups is 1. The molecule has 7 nitrogen and oxygen atoms in total. The maximum atomic E-state index is 11.7. The zero-order valence-corrected chi connectivity index (χ0v) is 14.7. The SMILES string of the molecule is CCCCc1[nH]nc2c1C(c1ccc(C(=O)OC)cc1)C(C#N)=C(N)O2. The van der Waals surface area contributed by atoms with Crippen LogP contribution in [0.5, 0.6) is 5.88 Å². The summed E-state index contributed by atoms with van der Waals surface area (Å²) in [6, 6.07) is 9.11. The Morgan fingerprint density at radius 1 is 1.42 bits per heavy atom. The molecule has 26 heavy (non-hydrogen) atoms. The second-order valence-electron chi connectivity index (χ2n) is 6.06. The molecule has 1 atom stereocenters. The van der Waals surface area contributed by atoms with Gasteiger partial charge in [-0.2, -0.15) is 5.26 Å². The first-order valence-corrected chi connectivity index (χ1v) is 8.43. The fraction of sp³-hybridized carbons (Fsp3) is 0.316. The minimum atomic E-state index is -0.410. The Balaban J connectivity index is 2.08. The average Bonchev–Trinajstić information content (AvgIpc) is 3.06. The Morgan fingerprint density at radius 3 is 2.77 bits per heavy atom. The van der Waals surface area contributed by atoms with Crippen LogP contribution in [0.1, 0.15) is 52.9 Å². The molecule has 3 N–H and O–H groups in total. The molecule has 0 spiro atoms. The first-order chi connectivity index (χ1) is 12.6. The van der Waals surface area contributed by atoms with E-state index in [9.17, 15) is 10.1 Å². The van der Waals surface area contributed by atoms with Crippen LogP contribution in [0.2, 0.25) is 0 Å². The fourth-order valence-electron chi connectivity index (χ4n) is 3.12. The Hall–Kier alpha value is -3.27. The van der Waals surface area contributed by atoms with Crippen LogP contribution in [0.15, 0.2) is 35.7 Å². The highest BCUT2D eigenvalue weighted by molar-refractivity contribution is 5.89. The minimum absolute atomic E-state index is 0.0515. The van der Waals surface area contributed by atoms with E-state index < -0.39 is 5.97 Å². The fourth-order valence-corrected chi connectivity index (χ4v) is 3.12. The summed E-state index contributed by atoms with van der Waals surface area (Å²) in [5.74, 6) is -0.349. The molecule has 1 aliphatic rings. The number of nitrogens with one attached hydrogen (secondary N) is 1. The number of H-pyrrole nitrogens is 1. The summed E-state index contributed by atoms with van der Waals surface area (Å²) in [5, 5.41) is 16.9. The lowest BCUT2D eigenvalue weighted by molar-refractivity contribution is 0.0600. The van der Waals surface area contributed by atoms with Crippen molar-refractivity contribution in [3.63, 3.8) is 0 Å². The molecule has 1 aromatic carbocycles. The highest BCUT2D eigenvalue weighted by Crippen LogP contribution is 2.43. The van der Waals surface area contributed by atoms with E-state index in [2.05, 4.69) is 23.2 Å². The topological polar surface area (TPSA) is 114 Å². The Morgan fingerprint density at radius 2 is 2.15 bits per heavy atom. The van der Waals surface area contributed by atoms with E-state index in [1.807, 2.05) is 0 Å². The van der Waals surface area contributed by atoms with Crippen molar-refractivity contribution in [3.05, 3.63) is 58.1 Å². The Kier molecular flexibility index (Phi) is 4.94. The van der Waals surface area contributed by atoms with Crippen LogP contribution in [0.25, 0.3) is 0 Å². The lowest BCUT2D eigenvalue weighted by Crippen LogP contribution is -2.21. The number of hydrogen-bond acceptors (Lipinski definition) is 6. The number of hydrogen-bond donors (Lipinski definition) is 2. The summed E-state index contributed by atoms with van der Waals surface area (Å²) in [7, 11) is 1.34. The van der Waals surface area contributed by atoms with E-state index in [4.69, 9.17) is 15.2 Å². The van der Waals surface area contributed by atoms with E-state index >= 15 is 0 Å². The summed E-state index contributed by atoms with van der Waals surface area (Å²) in [6.07, 6.45) is 2.83. The first-order valence-electron chi connectivity index (χ1n) is 8.43. The smallest absolute Gasteiger partial charge is 0.337 e. The van der Waals surface area contributed by atoms with Crippen molar-refractivity contribution < 1.29 is 14.3 Å². The van der Waals surface area contributed by atoms with Crippen molar-refractivity contribution in [2.75, 3.05) is 7.11 Å². The molecule has 0 fully saturated rings. The number of aryl methyl sites for hydroxylation is 1. The van der Waals surface area contributed by atoms with Gasteiger partial charge in [0.2, 0.25) is 11.8 Å². The molecular weight excluding hydrogens is 332 g/mol. The van der Waals surface area contributed by atoms with Crippen LogP contribution >= 0.6 is 0 Å². The molecule has 3 rings (SSSR count). The largest absolute Gasteiger partial charge is 0.465 e. The van der Waals surface area contributed by atoms with Crippen LogP contribution in [-0.2, 0) is 11.2 Å². The van der Waals surface area contributed by atoms with Crippen LogP contribution in [0, 0.1) is 11.3 Å². The minimum Gasteiger partial charge on any atom is -0.465 e. The number of nitrogens with zero attached hydrogens (tertiary/aromatic N) is 2. The van der Waals surface area contributed by atoms with E-state index in [0.717, 1.165) is 36.1 Å². The number of rotatable bonds is 5. The number of nitrogens with two attached hydrogens (primary N) is 1. The number of carbonyl (C=O) groups excluding carboxylic acids is 1. The normalized spacial score (nSPS) is 15.8. The number of methoxy groups -OCH3 is 1. The predicted octanol–water partition coefficient (Wildman–Crippen LogP) is 2.76. The van der Waals surface area contributed by atoms with E-state index in [0.29, 0.717) is 17.0 Å². The highest BCUT2D eigenvalue weighted by Gasteiger charge is 2.34. The van der Waals surface area contributed by atoms with E-state index in [1.54, 1.807) is 24.3 Å². The molecule has 0 aliphatic carbocycles. The summed E-state index contributed by atoms with van der Waals surface area (Å²) >= 11 is 0. The van der Waals surface area contributed by atoms with Crippen molar-refractivity contribution in [3.8, 4) is 11.9 Å². The van der Waals surface area contributed by atoms with Crippen molar-refractivity contribution in [2.24, 2.45) is 5.73 Å². The van der Waals surface area contributed by atoms with Gasteiger partial charge in [-0.3, -0.25) is 5.10 Å². The van der Waals surface area contributed by atoms with Gasteiger partial charge in [-0.05, 0) is 30.5 Å². The number of esters is 1. The van der Waals surface area contributed by atoms with E-state index in [-0.39, 0.29) is 11.8 Å². The number of aromatic nitrogens is 2. The Labute approximate surface area is 151 Å². The molecule has 1 aromatic heterocycles. The van der Waals surface area contributed by atoms with Crippen molar-refractivity contribution in [2.45, 2.75) is 32.1 Å². The quantitative estimate of drug-likeness (QED) is 0.800. The monoisotopic (exact) mass is 352 g/mol. The van der Waals surface area contributed by atoms with Crippen LogP contribution in [0.4, 0.5) is 0 Å². The van der Waals surface area contributed by atoms with Crippen molar-refractivity contribution >= 4 is 5.97 Å². The third-order valence-electron chi connectivity index (χ3n) is 4.46. The average molecular weight is 352 g/mol. The molecule has 0 amide bonds. The van der Waals surface area contributed by atoms with Gasteiger partial charge in [-0.1, -0.05) is 25.5 Å². The molecule has 7 heteroatoms. The molecule has 0 saturated heterocycles. The summed E-state index contributed by atoms with van der Waals surface area (Å²) < 4.78 is 10.3. The second kappa shape index (κ2) is 7.31. The zero-order valence-electron chi connectivity index (χ0n) is 14.7. The summed E-state index contributed by atoms with van der Waals surface area (Å²) in [6.45, 7) is 2.11. The number of benzene rings is 1. The van der Waals surface area contributed by atoms with Crippen LogP contribution in [-0.4, -0.2) is 23.3 Å². The van der Waals surface area contributed by atoms with Crippen molar-refractivity contribution in [1.82, 2.24) is 10.2 Å². The molecule has 1 aliphatic heterocycles. The second-order valence-corrected chi connectivity index (χ2v) is 6.06.